The zero-order chi connectivity index (χ0) is 28.5. The second-order valence-electron chi connectivity index (χ2n) is 9.63. The maximum absolute atomic E-state index is 13.2. The number of carboxylic acids is 1. The first-order chi connectivity index (χ1) is 19.4. The maximum Gasteiger partial charge on any atom is 0.407 e. The molecule has 40 heavy (non-hydrogen) atoms. The van der Waals surface area contributed by atoms with Crippen molar-refractivity contribution in [2.24, 2.45) is 0 Å². The van der Waals surface area contributed by atoms with Crippen molar-refractivity contribution in [1.29, 1.82) is 0 Å². The molecule has 3 atom stereocenters. The lowest BCUT2D eigenvalue weighted by molar-refractivity contribution is -0.143. The van der Waals surface area contributed by atoms with Crippen molar-refractivity contribution >= 4 is 18.0 Å². The molecule has 0 bridgehead atoms. The fourth-order valence-corrected chi connectivity index (χ4v) is 4.82. The molecule has 0 saturated carbocycles. The monoisotopic (exact) mass is 546 g/mol. The van der Waals surface area contributed by atoms with E-state index in [1.165, 1.54) is 7.11 Å². The molecule has 3 aromatic rings. The number of hydrogen-bond donors (Lipinski definition) is 3. The van der Waals surface area contributed by atoms with Crippen LogP contribution in [0.5, 0.6) is 0 Å². The van der Waals surface area contributed by atoms with Crippen LogP contribution in [0.2, 0.25) is 0 Å². The van der Waals surface area contributed by atoms with Crippen LogP contribution in [0.15, 0.2) is 78.9 Å². The highest BCUT2D eigenvalue weighted by Gasteiger charge is 2.33. The average molecular weight is 547 g/mol. The lowest BCUT2D eigenvalue weighted by atomic mass is 9.98. The van der Waals surface area contributed by atoms with Gasteiger partial charge in [0.25, 0.3) is 0 Å². The van der Waals surface area contributed by atoms with Crippen LogP contribution in [0.1, 0.15) is 36.0 Å². The summed E-state index contributed by atoms with van der Waals surface area (Å²) in [5.74, 6) is -2.05. The van der Waals surface area contributed by atoms with Gasteiger partial charge < -0.3 is 30.0 Å². The lowest BCUT2D eigenvalue weighted by Crippen LogP contribution is -2.56. The van der Waals surface area contributed by atoms with Crippen molar-refractivity contribution in [2.75, 3.05) is 20.3 Å². The maximum atomic E-state index is 13.2. The summed E-state index contributed by atoms with van der Waals surface area (Å²) in [7, 11) is 1.45. The molecule has 3 aromatic carbocycles. The molecule has 2 amide bonds. The number of benzene rings is 3. The Labute approximate surface area is 233 Å². The second-order valence-corrected chi connectivity index (χ2v) is 9.63. The van der Waals surface area contributed by atoms with Crippen LogP contribution in [-0.4, -0.2) is 61.6 Å². The smallest absolute Gasteiger partial charge is 0.407 e. The Kier molecular flexibility index (Phi) is 9.88. The van der Waals surface area contributed by atoms with Gasteiger partial charge in [-0.15, -0.1) is 0 Å². The van der Waals surface area contributed by atoms with E-state index >= 15 is 0 Å². The van der Waals surface area contributed by atoms with Crippen molar-refractivity contribution in [1.82, 2.24) is 10.6 Å². The molecule has 0 aliphatic heterocycles. The van der Waals surface area contributed by atoms with Crippen molar-refractivity contribution in [3.8, 4) is 11.1 Å². The zero-order valence-corrected chi connectivity index (χ0v) is 22.5. The Hall–Kier alpha value is -4.21. The van der Waals surface area contributed by atoms with Gasteiger partial charge in [0.15, 0.2) is 0 Å². The number of methoxy groups -OCH3 is 1. The molecule has 0 spiro atoms. The molecule has 0 aromatic heterocycles. The first-order valence-electron chi connectivity index (χ1n) is 13.2. The fraction of sp³-hybridized carbons (Fsp3) is 0.323. The molecule has 210 valence electrons. The third-order valence-electron chi connectivity index (χ3n) is 6.95. The largest absolute Gasteiger partial charge is 0.480 e. The normalized spacial score (nSPS) is 14.3. The molecule has 9 nitrogen and oxygen atoms in total. The van der Waals surface area contributed by atoms with Gasteiger partial charge in [-0.3, -0.25) is 4.79 Å². The number of alkyl carbamates (subject to hydrolysis) is 1. The highest BCUT2D eigenvalue weighted by Crippen LogP contribution is 2.44. The van der Waals surface area contributed by atoms with Gasteiger partial charge in [-0.2, -0.15) is 0 Å². The van der Waals surface area contributed by atoms with Crippen LogP contribution in [0, 0.1) is 0 Å². The molecular formula is C31H34N2O7. The summed E-state index contributed by atoms with van der Waals surface area (Å²) < 4.78 is 16.5. The standard InChI is InChI=1S/C31H34N2O7/c1-20(39-18-21-10-4-3-5-11-21)28(29(34)32-27(30(35)36)16-17-38-2)33-31(37)40-19-26-24-14-8-6-12-22(24)23-13-7-9-15-25(23)26/h3-15,20,26-28H,16-19H2,1-2H3,(H,32,34)(H,33,37)(H,35,36). The molecule has 9 heteroatoms. The average Bonchev–Trinajstić information content (AvgIpc) is 3.29. The van der Waals surface area contributed by atoms with E-state index in [0.717, 1.165) is 27.8 Å². The molecule has 0 heterocycles. The molecule has 0 fully saturated rings. The molecule has 1 aliphatic rings. The third-order valence-corrected chi connectivity index (χ3v) is 6.95. The number of hydrogen-bond acceptors (Lipinski definition) is 6. The van der Waals surface area contributed by atoms with Crippen molar-refractivity contribution in [2.45, 2.75) is 44.1 Å². The number of carboxylic acid groups (broad SMARTS) is 1. The Balaban J connectivity index is 1.45. The molecule has 1 aliphatic carbocycles. The van der Waals surface area contributed by atoms with Gasteiger partial charge in [0, 0.05) is 26.1 Å². The molecule has 0 saturated heterocycles. The molecule has 3 N–H and O–H groups in total. The van der Waals surface area contributed by atoms with E-state index in [1.54, 1.807) is 6.92 Å². The minimum absolute atomic E-state index is 0.0640. The first-order valence-corrected chi connectivity index (χ1v) is 13.2. The number of carbonyl (C=O) groups excluding carboxylic acids is 2. The number of amides is 2. The number of aliphatic carboxylic acids is 1. The van der Waals surface area contributed by atoms with E-state index in [1.807, 2.05) is 78.9 Å². The summed E-state index contributed by atoms with van der Waals surface area (Å²) >= 11 is 0. The number of ether oxygens (including phenoxy) is 3. The SMILES string of the molecule is COCCC(NC(=O)C(NC(=O)OCC1c2ccccc2-c2ccccc21)C(C)OCc1ccccc1)C(=O)O. The molecule has 3 unspecified atom stereocenters. The summed E-state index contributed by atoms with van der Waals surface area (Å²) in [4.78, 5) is 37.9. The lowest BCUT2D eigenvalue weighted by Gasteiger charge is -2.26. The van der Waals surface area contributed by atoms with Gasteiger partial charge in [0.05, 0.1) is 12.7 Å². The molecular weight excluding hydrogens is 512 g/mol. The minimum atomic E-state index is -1.21. The van der Waals surface area contributed by atoms with E-state index in [0.29, 0.717) is 0 Å². The topological polar surface area (TPSA) is 123 Å². The number of rotatable bonds is 13. The number of carbonyl (C=O) groups is 3. The van der Waals surface area contributed by atoms with Gasteiger partial charge in [-0.25, -0.2) is 9.59 Å². The Morgan fingerprint density at radius 2 is 1.48 bits per heavy atom. The molecule has 4 rings (SSSR count). The van der Waals surface area contributed by atoms with E-state index in [9.17, 15) is 19.5 Å². The summed E-state index contributed by atoms with van der Waals surface area (Å²) in [5.41, 5.74) is 5.21. The van der Waals surface area contributed by atoms with Gasteiger partial charge in [-0.05, 0) is 34.7 Å². The Morgan fingerprint density at radius 1 is 0.875 bits per heavy atom. The highest BCUT2D eigenvalue weighted by atomic mass is 16.5. The number of fused-ring (bicyclic) bond motifs is 3. The predicted molar refractivity (Wildman–Crippen MR) is 149 cm³/mol. The van der Waals surface area contributed by atoms with Gasteiger partial charge >= 0.3 is 12.1 Å². The van der Waals surface area contributed by atoms with Crippen LogP contribution in [0.4, 0.5) is 4.79 Å². The van der Waals surface area contributed by atoms with Crippen LogP contribution in [-0.2, 0) is 30.4 Å². The Bertz CT molecular complexity index is 1270. The predicted octanol–water partition coefficient (Wildman–Crippen LogP) is 4.10. The second kappa shape index (κ2) is 13.7. The minimum Gasteiger partial charge on any atom is -0.480 e. The summed E-state index contributed by atoms with van der Waals surface area (Å²) in [6, 6.07) is 23.0. The van der Waals surface area contributed by atoms with Crippen LogP contribution >= 0.6 is 0 Å². The van der Waals surface area contributed by atoms with E-state index in [2.05, 4.69) is 10.6 Å². The van der Waals surface area contributed by atoms with E-state index in [4.69, 9.17) is 14.2 Å². The van der Waals surface area contributed by atoms with Crippen molar-refractivity contribution in [3.63, 3.8) is 0 Å². The fourth-order valence-electron chi connectivity index (χ4n) is 4.82. The Morgan fingerprint density at radius 3 is 2.08 bits per heavy atom. The van der Waals surface area contributed by atoms with Crippen LogP contribution in [0.3, 0.4) is 0 Å². The molecule has 0 radical (unpaired) electrons. The highest BCUT2D eigenvalue weighted by molar-refractivity contribution is 5.89. The first kappa shape index (κ1) is 28.8. The van der Waals surface area contributed by atoms with E-state index < -0.39 is 36.2 Å². The van der Waals surface area contributed by atoms with E-state index in [-0.39, 0.29) is 32.2 Å². The van der Waals surface area contributed by atoms with Gasteiger partial charge in [0.1, 0.15) is 18.7 Å². The number of nitrogens with one attached hydrogen (secondary N) is 2. The van der Waals surface area contributed by atoms with Crippen LogP contribution < -0.4 is 10.6 Å². The zero-order valence-electron chi connectivity index (χ0n) is 22.5. The third kappa shape index (κ3) is 7.05. The van der Waals surface area contributed by atoms with Gasteiger partial charge in [0.2, 0.25) is 5.91 Å². The summed E-state index contributed by atoms with van der Waals surface area (Å²) in [6.45, 7) is 2.05. The van der Waals surface area contributed by atoms with Gasteiger partial charge in [-0.1, -0.05) is 78.9 Å². The van der Waals surface area contributed by atoms with Crippen LogP contribution in [0.25, 0.3) is 11.1 Å². The summed E-state index contributed by atoms with van der Waals surface area (Å²) in [6.07, 6.45) is -1.53. The van der Waals surface area contributed by atoms with Crippen molar-refractivity contribution < 1.29 is 33.7 Å². The van der Waals surface area contributed by atoms with Crippen molar-refractivity contribution in [3.05, 3.63) is 95.6 Å². The quantitative estimate of drug-likeness (QED) is 0.295. The summed E-state index contributed by atoms with van der Waals surface area (Å²) in [5, 5.41) is 14.6.